The first kappa shape index (κ1) is 10.5. The highest BCUT2D eigenvalue weighted by atomic mass is 16.4. The lowest BCUT2D eigenvalue weighted by Crippen LogP contribution is -2.38. The Hall–Kier alpha value is -0.570. The molecule has 1 aliphatic rings. The zero-order valence-electron chi connectivity index (χ0n) is 8.49. The molecule has 0 radical (unpaired) electrons. The van der Waals surface area contributed by atoms with E-state index in [4.69, 9.17) is 5.11 Å². The van der Waals surface area contributed by atoms with Crippen molar-refractivity contribution in [3.63, 3.8) is 0 Å². The number of carboxylic acids is 1. The monoisotopic (exact) mass is 185 g/mol. The zero-order valence-corrected chi connectivity index (χ0v) is 8.49. The van der Waals surface area contributed by atoms with Crippen LogP contribution in [0.4, 0.5) is 0 Å². The van der Waals surface area contributed by atoms with Gasteiger partial charge in [-0.15, -0.1) is 0 Å². The molecule has 0 aromatic carbocycles. The van der Waals surface area contributed by atoms with E-state index in [0.717, 1.165) is 12.5 Å². The first-order valence-electron chi connectivity index (χ1n) is 5.04. The van der Waals surface area contributed by atoms with Gasteiger partial charge in [-0.3, -0.25) is 9.69 Å². The second kappa shape index (κ2) is 4.61. The minimum Gasteiger partial charge on any atom is -0.480 e. The molecule has 0 aromatic rings. The molecule has 1 saturated carbocycles. The Morgan fingerprint density at radius 2 is 2.08 bits per heavy atom. The van der Waals surface area contributed by atoms with Crippen LogP contribution in [0.3, 0.4) is 0 Å². The van der Waals surface area contributed by atoms with Crippen LogP contribution in [-0.4, -0.2) is 35.6 Å². The van der Waals surface area contributed by atoms with Crippen molar-refractivity contribution in [3.05, 3.63) is 0 Å². The highest BCUT2D eigenvalue weighted by Crippen LogP contribution is 2.25. The van der Waals surface area contributed by atoms with Gasteiger partial charge in [0.2, 0.25) is 0 Å². The predicted molar refractivity (Wildman–Crippen MR) is 51.7 cm³/mol. The average Bonchev–Trinajstić information content (AvgIpc) is 2.55. The Labute approximate surface area is 79.7 Å². The van der Waals surface area contributed by atoms with E-state index in [1.165, 1.54) is 25.7 Å². The molecule has 3 heteroatoms. The molecule has 0 aliphatic heterocycles. The standard InChI is InChI=1S/C10H19NO2/c1-8(10(12)13)11(2)7-9-5-3-4-6-9/h8-9H,3-7H2,1-2H3,(H,12,13)/t8-/m0/s1. The van der Waals surface area contributed by atoms with Crippen molar-refractivity contribution < 1.29 is 9.90 Å². The fourth-order valence-electron chi connectivity index (χ4n) is 1.95. The van der Waals surface area contributed by atoms with Crippen LogP contribution in [-0.2, 0) is 4.79 Å². The van der Waals surface area contributed by atoms with Crippen molar-refractivity contribution in [2.75, 3.05) is 13.6 Å². The molecule has 0 spiro atoms. The molecular weight excluding hydrogens is 166 g/mol. The average molecular weight is 185 g/mol. The van der Waals surface area contributed by atoms with Gasteiger partial charge in [0, 0.05) is 6.54 Å². The number of aliphatic carboxylic acids is 1. The van der Waals surface area contributed by atoms with Gasteiger partial charge in [-0.1, -0.05) is 12.8 Å². The number of likely N-dealkylation sites (N-methyl/N-ethyl adjacent to an activating group) is 1. The van der Waals surface area contributed by atoms with E-state index in [1.807, 2.05) is 11.9 Å². The molecule has 1 N–H and O–H groups in total. The third-order valence-electron chi connectivity index (χ3n) is 3.04. The summed E-state index contributed by atoms with van der Waals surface area (Å²) in [5, 5.41) is 8.78. The molecule has 13 heavy (non-hydrogen) atoms. The van der Waals surface area contributed by atoms with Crippen LogP contribution in [0.1, 0.15) is 32.6 Å². The van der Waals surface area contributed by atoms with Crippen LogP contribution < -0.4 is 0 Å². The molecule has 1 rings (SSSR count). The van der Waals surface area contributed by atoms with Gasteiger partial charge < -0.3 is 5.11 Å². The SMILES string of the molecule is C[C@@H](C(=O)O)N(C)CC1CCCC1. The summed E-state index contributed by atoms with van der Waals surface area (Å²) in [6.45, 7) is 2.69. The number of carboxylic acid groups (broad SMARTS) is 1. The smallest absolute Gasteiger partial charge is 0.320 e. The van der Waals surface area contributed by atoms with Crippen molar-refractivity contribution in [2.45, 2.75) is 38.6 Å². The van der Waals surface area contributed by atoms with E-state index in [1.54, 1.807) is 6.92 Å². The van der Waals surface area contributed by atoms with Crippen molar-refractivity contribution in [1.82, 2.24) is 4.90 Å². The Morgan fingerprint density at radius 3 is 2.54 bits per heavy atom. The van der Waals surface area contributed by atoms with Crippen LogP contribution >= 0.6 is 0 Å². The van der Waals surface area contributed by atoms with Gasteiger partial charge in [-0.05, 0) is 32.7 Å². The Balaban J connectivity index is 2.30. The van der Waals surface area contributed by atoms with Crippen molar-refractivity contribution in [2.24, 2.45) is 5.92 Å². The van der Waals surface area contributed by atoms with Crippen LogP contribution in [0.15, 0.2) is 0 Å². The van der Waals surface area contributed by atoms with E-state index in [9.17, 15) is 4.79 Å². The van der Waals surface area contributed by atoms with Crippen molar-refractivity contribution in [3.8, 4) is 0 Å². The molecule has 0 amide bonds. The number of carbonyl (C=O) groups is 1. The van der Waals surface area contributed by atoms with Crippen molar-refractivity contribution in [1.29, 1.82) is 0 Å². The summed E-state index contributed by atoms with van der Waals surface area (Å²) >= 11 is 0. The first-order valence-corrected chi connectivity index (χ1v) is 5.04. The number of hydrogen-bond acceptors (Lipinski definition) is 2. The molecule has 0 aromatic heterocycles. The number of nitrogens with zero attached hydrogens (tertiary/aromatic N) is 1. The fourth-order valence-corrected chi connectivity index (χ4v) is 1.95. The summed E-state index contributed by atoms with van der Waals surface area (Å²) in [6.07, 6.45) is 5.19. The molecule has 1 fully saturated rings. The predicted octanol–water partition coefficient (Wildman–Crippen LogP) is 1.58. The van der Waals surface area contributed by atoms with E-state index in [2.05, 4.69) is 0 Å². The minimum atomic E-state index is -0.722. The molecule has 0 unspecified atom stereocenters. The zero-order chi connectivity index (χ0) is 9.84. The molecule has 0 bridgehead atoms. The van der Waals surface area contributed by atoms with E-state index in [-0.39, 0.29) is 6.04 Å². The summed E-state index contributed by atoms with van der Waals surface area (Å²) in [5.74, 6) is 0.00676. The summed E-state index contributed by atoms with van der Waals surface area (Å²) in [5.41, 5.74) is 0. The molecule has 1 aliphatic carbocycles. The quantitative estimate of drug-likeness (QED) is 0.723. The molecule has 0 saturated heterocycles. The van der Waals surface area contributed by atoms with E-state index < -0.39 is 5.97 Å². The second-order valence-corrected chi connectivity index (χ2v) is 4.10. The highest BCUT2D eigenvalue weighted by molar-refractivity contribution is 5.72. The van der Waals surface area contributed by atoms with Crippen LogP contribution in [0.2, 0.25) is 0 Å². The lowest BCUT2D eigenvalue weighted by atomic mass is 10.1. The Morgan fingerprint density at radius 1 is 1.54 bits per heavy atom. The molecule has 1 atom stereocenters. The van der Waals surface area contributed by atoms with Gasteiger partial charge in [0.25, 0.3) is 0 Å². The lowest BCUT2D eigenvalue weighted by Gasteiger charge is -2.24. The van der Waals surface area contributed by atoms with Gasteiger partial charge in [0.05, 0.1) is 0 Å². The van der Waals surface area contributed by atoms with Crippen LogP contribution in [0.5, 0.6) is 0 Å². The molecular formula is C10H19NO2. The summed E-state index contributed by atoms with van der Waals surface area (Å²) in [7, 11) is 1.90. The number of hydrogen-bond donors (Lipinski definition) is 1. The third kappa shape index (κ3) is 2.99. The Kier molecular flexibility index (Phi) is 3.72. The maximum atomic E-state index is 10.7. The topological polar surface area (TPSA) is 40.5 Å². The van der Waals surface area contributed by atoms with Gasteiger partial charge in [0.15, 0.2) is 0 Å². The number of rotatable bonds is 4. The first-order chi connectivity index (χ1) is 6.11. The fraction of sp³-hybridized carbons (Fsp3) is 0.900. The minimum absolute atomic E-state index is 0.347. The maximum absolute atomic E-state index is 10.7. The summed E-state index contributed by atoms with van der Waals surface area (Å²) < 4.78 is 0. The summed E-state index contributed by atoms with van der Waals surface area (Å²) in [4.78, 5) is 12.6. The Bertz CT molecular complexity index is 176. The van der Waals surface area contributed by atoms with Gasteiger partial charge in [-0.2, -0.15) is 0 Å². The van der Waals surface area contributed by atoms with Crippen LogP contribution in [0, 0.1) is 5.92 Å². The molecule has 3 nitrogen and oxygen atoms in total. The largest absolute Gasteiger partial charge is 0.480 e. The van der Waals surface area contributed by atoms with E-state index in [0.29, 0.717) is 0 Å². The second-order valence-electron chi connectivity index (χ2n) is 4.10. The van der Waals surface area contributed by atoms with Gasteiger partial charge in [-0.25, -0.2) is 0 Å². The summed E-state index contributed by atoms with van der Waals surface area (Å²) in [6, 6.07) is -0.347. The maximum Gasteiger partial charge on any atom is 0.320 e. The highest BCUT2D eigenvalue weighted by Gasteiger charge is 2.22. The third-order valence-corrected chi connectivity index (χ3v) is 3.04. The molecule has 0 heterocycles. The van der Waals surface area contributed by atoms with E-state index >= 15 is 0 Å². The van der Waals surface area contributed by atoms with Crippen LogP contribution in [0.25, 0.3) is 0 Å². The van der Waals surface area contributed by atoms with Gasteiger partial charge in [0.1, 0.15) is 6.04 Å². The lowest BCUT2D eigenvalue weighted by molar-refractivity contribution is -0.142. The van der Waals surface area contributed by atoms with Crippen molar-refractivity contribution >= 4 is 5.97 Å². The molecule has 76 valence electrons. The van der Waals surface area contributed by atoms with Gasteiger partial charge >= 0.3 is 5.97 Å². The normalized spacial score (nSPS) is 20.8.